The Kier molecular flexibility index (Phi) is 3.32. The second-order valence-corrected chi connectivity index (χ2v) is 4.63. The zero-order valence-electron chi connectivity index (χ0n) is 9.78. The SMILES string of the molecule is O=C(Cc1ccccc1F)NCC1(C(=O)O)CC1. The summed E-state index contributed by atoms with van der Waals surface area (Å²) in [7, 11) is 0. The minimum atomic E-state index is -0.881. The van der Waals surface area contributed by atoms with E-state index in [2.05, 4.69) is 5.32 Å². The fraction of sp³-hybridized carbons (Fsp3) is 0.385. The number of hydrogen-bond acceptors (Lipinski definition) is 2. The van der Waals surface area contributed by atoms with E-state index in [9.17, 15) is 14.0 Å². The highest BCUT2D eigenvalue weighted by Crippen LogP contribution is 2.45. The molecule has 1 aliphatic carbocycles. The zero-order valence-corrected chi connectivity index (χ0v) is 9.78. The Morgan fingerprint density at radius 3 is 2.56 bits per heavy atom. The molecule has 0 bridgehead atoms. The first-order valence-corrected chi connectivity index (χ1v) is 5.77. The molecule has 0 aliphatic heterocycles. The number of nitrogens with one attached hydrogen (secondary N) is 1. The third-order valence-corrected chi connectivity index (χ3v) is 3.24. The van der Waals surface area contributed by atoms with Gasteiger partial charge in [0.1, 0.15) is 5.82 Å². The van der Waals surface area contributed by atoms with Crippen LogP contribution in [0.3, 0.4) is 0 Å². The van der Waals surface area contributed by atoms with Crippen LogP contribution in [-0.4, -0.2) is 23.5 Å². The molecule has 1 aromatic rings. The van der Waals surface area contributed by atoms with Crippen LogP contribution in [0.1, 0.15) is 18.4 Å². The number of halogens is 1. The number of amides is 1. The van der Waals surface area contributed by atoms with Gasteiger partial charge in [0.05, 0.1) is 11.8 Å². The molecule has 5 heteroatoms. The van der Waals surface area contributed by atoms with Crippen LogP contribution in [0.5, 0.6) is 0 Å². The molecule has 0 spiro atoms. The maximum Gasteiger partial charge on any atom is 0.311 e. The summed E-state index contributed by atoms with van der Waals surface area (Å²) in [5.74, 6) is -1.66. The smallest absolute Gasteiger partial charge is 0.311 e. The van der Waals surface area contributed by atoms with Gasteiger partial charge in [-0.05, 0) is 24.5 Å². The lowest BCUT2D eigenvalue weighted by Crippen LogP contribution is -2.35. The molecule has 18 heavy (non-hydrogen) atoms. The molecule has 2 N–H and O–H groups in total. The van der Waals surface area contributed by atoms with Crippen molar-refractivity contribution in [3.8, 4) is 0 Å². The minimum absolute atomic E-state index is 0.0671. The van der Waals surface area contributed by atoms with Gasteiger partial charge in [-0.1, -0.05) is 18.2 Å². The summed E-state index contributed by atoms with van der Waals surface area (Å²) in [5.41, 5.74) is -0.472. The standard InChI is InChI=1S/C13H14FNO3/c14-10-4-2-1-3-9(10)7-11(16)15-8-13(5-6-13)12(17)18/h1-4H,5-8H2,(H,15,16)(H,17,18). The summed E-state index contributed by atoms with van der Waals surface area (Å²) in [6.45, 7) is 0.121. The van der Waals surface area contributed by atoms with E-state index in [1.165, 1.54) is 6.07 Å². The van der Waals surface area contributed by atoms with Crippen LogP contribution in [-0.2, 0) is 16.0 Å². The van der Waals surface area contributed by atoms with Crippen LogP contribution in [0.15, 0.2) is 24.3 Å². The lowest BCUT2D eigenvalue weighted by molar-refractivity contribution is -0.143. The van der Waals surface area contributed by atoms with Gasteiger partial charge in [0.2, 0.25) is 5.91 Å². The van der Waals surface area contributed by atoms with Gasteiger partial charge >= 0.3 is 5.97 Å². The summed E-state index contributed by atoms with van der Waals surface area (Å²) in [5, 5.41) is 11.5. The Balaban J connectivity index is 1.87. The Hall–Kier alpha value is -1.91. The molecule has 1 aliphatic rings. The van der Waals surface area contributed by atoms with Crippen LogP contribution in [0.4, 0.5) is 4.39 Å². The highest BCUT2D eigenvalue weighted by atomic mass is 19.1. The van der Waals surface area contributed by atoms with Crippen molar-refractivity contribution in [2.45, 2.75) is 19.3 Å². The molecule has 1 saturated carbocycles. The second kappa shape index (κ2) is 4.76. The summed E-state index contributed by atoms with van der Waals surface area (Å²) >= 11 is 0. The van der Waals surface area contributed by atoms with Crippen molar-refractivity contribution in [3.63, 3.8) is 0 Å². The van der Waals surface area contributed by atoms with E-state index in [1.807, 2.05) is 0 Å². The van der Waals surface area contributed by atoms with E-state index in [0.717, 1.165) is 0 Å². The first-order valence-electron chi connectivity index (χ1n) is 5.77. The van der Waals surface area contributed by atoms with E-state index in [0.29, 0.717) is 18.4 Å². The number of carbonyl (C=O) groups excluding carboxylic acids is 1. The van der Waals surface area contributed by atoms with Gasteiger partial charge in [-0.25, -0.2) is 4.39 Å². The van der Waals surface area contributed by atoms with Gasteiger partial charge in [-0.3, -0.25) is 9.59 Å². The largest absolute Gasteiger partial charge is 0.481 e. The summed E-state index contributed by atoms with van der Waals surface area (Å²) < 4.78 is 13.3. The van der Waals surface area contributed by atoms with Crippen molar-refractivity contribution >= 4 is 11.9 Å². The Bertz CT molecular complexity index is 483. The Morgan fingerprint density at radius 1 is 1.33 bits per heavy atom. The highest BCUT2D eigenvalue weighted by Gasteiger charge is 2.50. The van der Waals surface area contributed by atoms with E-state index in [4.69, 9.17) is 5.11 Å². The number of hydrogen-bond donors (Lipinski definition) is 2. The Morgan fingerprint density at radius 2 is 2.00 bits per heavy atom. The van der Waals surface area contributed by atoms with Crippen LogP contribution in [0.25, 0.3) is 0 Å². The number of rotatable bonds is 5. The third-order valence-electron chi connectivity index (χ3n) is 3.24. The summed E-state index contributed by atoms with van der Waals surface area (Å²) in [4.78, 5) is 22.5. The molecule has 0 unspecified atom stereocenters. The minimum Gasteiger partial charge on any atom is -0.481 e. The molecule has 1 fully saturated rings. The zero-order chi connectivity index (χ0) is 13.2. The highest BCUT2D eigenvalue weighted by molar-refractivity contribution is 5.82. The predicted molar refractivity (Wildman–Crippen MR) is 62.4 cm³/mol. The van der Waals surface area contributed by atoms with Crippen molar-refractivity contribution in [2.75, 3.05) is 6.54 Å². The number of carboxylic acids is 1. The number of carboxylic acid groups (broad SMARTS) is 1. The average Bonchev–Trinajstić information content (AvgIpc) is 3.11. The lowest BCUT2D eigenvalue weighted by atomic mass is 10.1. The van der Waals surface area contributed by atoms with E-state index in [-0.39, 0.29) is 18.9 Å². The number of aliphatic carboxylic acids is 1. The van der Waals surface area contributed by atoms with Crippen molar-refractivity contribution < 1.29 is 19.1 Å². The molecule has 0 heterocycles. The van der Waals surface area contributed by atoms with E-state index < -0.39 is 17.2 Å². The lowest BCUT2D eigenvalue weighted by Gasteiger charge is -2.11. The summed E-state index contributed by atoms with van der Waals surface area (Å²) in [6, 6.07) is 6.05. The molecule has 0 saturated heterocycles. The van der Waals surface area contributed by atoms with Crippen molar-refractivity contribution in [1.82, 2.24) is 5.32 Å². The molecule has 1 aromatic carbocycles. The van der Waals surface area contributed by atoms with E-state index in [1.54, 1.807) is 18.2 Å². The van der Waals surface area contributed by atoms with Crippen LogP contribution < -0.4 is 5.32 Å². The normalized spacial score (nSPS) is 16.1. The van der Waals surface area contributed by atoms with Gasteiger partial charge < -0.3 is 10.4 Å². The molecule has 4 nitrogen and oxygen atoms in total. The monoisotopic (exact) mass is 251 g/mol. The van der Waals surface area contributed by atoms with Gasteiger partial charge in [0.25, 0.3) is 0 Å². The molecule has 96 valence electrons. The topological polar surface area (TPSA) is 66.4 Å². The van der Waals surface area contributed by atoms with Crippen LogP contribution in [0.2, 0.25) is 0 Å². The number of carbonyl (C=O) groups is 2. The molecule has 0 aromatic heterocycles. The fourth-order valence-corrected chi connectivity index (χ4v) is 1.76. The molecule has 0 radical (unpaired) electrons. The second-order valence-electron chi connectivity index (χ2n) is 4.63. The predicted octanol–water partition coefficient (Wildman–Crippen LogP) is 1.35. The van der Waals surface area contributed by atoms with Gasteiger partial charge in [-0.2, -0.15) is 0 Å². The van der Waals surface area contributed by atoms with Crippen LogP contribution in [0, 0.1) is 11.2 Å². The van der Waals surface area contributed by atoms with Crippen molar-refractivity contribution in [2.24, 2.45) is 5.41 Å². The molecular weight excluding hydrogens is 237 g/mol. The van der Waals surface area contributed by atoms with Crippen LogP contribution >= 0.6 is 0 Å². The Labute approximate surface area is 104 Å². The van der Waals surface area contributed by atoms with Gasteiger partial charge in [0, 0.05) is 6.54 Å². The van der Waals surface area contributed by atoms with Crippen molar-refractivity contribution in [1.29, 1.82) is 0 Å². The first-order chi connectivity index (χ1) is 8.53. The van der Waals surface area contributed by atoms with Gasteiger partial charge in [-0.15, -0.1) is 0 Å². The summed E-state index contributed by atoms with van der Waals surface area (Å²) in [6.07, 6.45) is 1.10. The maximum absolute atomic E-state index is 13.3. The third kappa shape index (κ3) is 2.67. The first kappa shape index (κ1) is 12.5. The van der Waals surface area contributed by atoms with Crippen molar-refractivity contribution in [3.05, 3.63) is 35.6 Å². The quantitative estimate of drug-likeness (QED) is 0.830. The molecule has 1 amide bonds. The molecular formula is C13H14FNO3. The van der Waals surface area contributed by atoms with Gasteiger partial charge in [0.15, 0.2) is 0 Å². The van der Waals surface area contributed by atoms with E-state index >= 15 is 0 Å². The average molecular weight is 251 g/mol. The fourth-order valence-electron chi connectivity index (χ4n) is 1.76. The maximum atomic E-state index is 13.3. The molecule has 2 rings (SSSR count). The number of benzene rings is 1. The molecule has 0 atom stereocenters.